The van der Waals surface area contributed by atoms with Gasteiger partial charge in [-0.15, -0.1) is 0 Å². The molecule has 2 fully saturated rings. The van der Waals surface area contributed by atoms with Crippen molar-refractivity contribution in [2.45, 2.75) is 25.7 Å². The largest absolute Gasteiger partial charge is 0.449 e. The van der Waals surface area contributed by atoms with Crippen molar-refractivity contribution < 1.29 is 18.8 Å². The fraction of sp³-hybridized carbons (Fsp3) is 0.407. The van der Waals surface area contributed by atoms with E-state index < -0.39 is 5.91 Å². The van der Waals surface area contributed by atoms with Crippen molar-refractivity contribution >= 4 is 51.8 Å². The van der Waals surface area contributed by atoms with Crippen LogP contribution in [0.5, 0.6) is 0 Å². The quantitative estimate of drug-likeness (QED) is 0.517. The highest BCUT2D eigenvalue weighted by atomic mass is 35.5. The molecule has 37 heavy (non-hydrogen) atoms. The van der Waals surface area contributed by atoms with Gasteiger partial charge in [-0.1, -0.05) is 23.7 Å². The van der Waals surface area contributed by atoms with Crippen molar-refractivity contribution in [3.05, 3.63) is 53.4 Å². The predicted molar refractivity (Wildman–Crippen MR) is 142 cm³/mol. The van der Waals surface area contributed by atoms with E-state index in [1.165, 1.54) is 6.20 Å². The Morgan fingerprint density at radius 3 is 2.35 bits per heavy atom. The molecule has 2 aromatic heterocycles. The van der Waals surface area contributed by atoms with E-state index in [0.717, 1.165) is 26.2 Å². The number of amides is 3. The Hall–Kier alpha value is -3.43. The summed E-state index contributed by atoms with van der Waals surface area (Å²) in [7, 11) is 2.07. The lowest BCUT2D eigenvalue weighted by Crippen LogP contribution is -2.49. The number of piperazine rings is 1. The average molecular weight is 524 g/mol. The number of halogens is 1. The number of nitrogens with one attached hydrogen (secondary N) is 2. The first-order valence-corrected chi connectivity index (χ1v) is 13.0. The van der Waals surface area contributed by atoms with Crippen molar-refractivity contribution in [1.82, 2.24) is 14.8 Å². The molecule has 1 saturated carbocycles. The van der Waals surface area contributed by atoms with E-state index >= 15 is 0 Å². The third-order valence-electron chi connectivity index (χ3n) is 7.28. The van der Waals surface area contributed by atoms with Gasteiger partial charge in [0.25, 0.3) is 5.91 Å². The highest BCUT2D eigenvalue weighted by Crippen LogP contribution is 2.35. The van der Waals surface area contributed by atoms with Crippen molar-refractivity contribution in [2.75, 3.05) is 43.9 Å². The topological polar surface area (TPSA) is 108 Å². The van der Waals surface area contributed by atoms with Crippen molar-refractivity contribution in [1.29, 1.82) is 0 Å². The van der Waals surface area contributed by atoms with Crippen LogP contribution in [0.15, 0.2) is 47.0 Å². The molecule has 3 heterocycles. The van der Waals surface area contributed by atoms with Crippen molar-refractivity contribution in [3.63, 3.8) is 0 Å². The van der Waals surface area contributed by atoms with Gasteiger partial charge in [-0.25, -0.2) is 4.98 Å². The summed E-state index contributed by atoms with van der Waals surface area (Å²) in [6.07, 6.45) is 4.06. The Kier molecular flexibility index (Phi) is 7.43. The molecule has 0 spiro atoms. The van der Waals surface area contributed by atoms with Crippen molar-refractivity contribution in [2.24, 2.45) is 11.8 Å². The number of para-hydroxylation sites is 1. The smallest absolute Gasteiger partial charge is 0.294 e. The molecule has 194 valence electrons. The van der Waals surface area contributed by atoms with Gasteiger partial charge in [-0.05, 0) is 57.0 Å². The maximum Gasteiger partial charge on any atom is 0.294 e. The number of carbonyl (C=O) groups is 3. The fourth-order valence-electron chi connectivity index (χ4n) is 5.07. The van der Waals surface area contributed by atoms with Crippen LogP contribution in [0.3, 0.4) is 0 Å². The molecular formula is C27H30ClN5O4. The third kappa shape index (κ3) is 5.62. The molecule has 0 bridgehead atoms. The molecule has 5 rings (SSSR count). The lowest BCUT2D eigenvalue weighted by atomic mass is 9.80. The highest BCUT2D eigenvalue weighted by molar-refractivity contribution is 6.30. The van der Waals surface area contributed by atoms with Gasteiger partial charge in [0.2, 0.25) is 17.6 Å². The highest BCUT2D eigenvalue weighted by Gasteiger charge is 2.34. The number of aromatic nitrogens is 1. The van der Waals surface area contributed by atoms with Crippen LogP contribution in [-0.2, 0) is 9.59 Å². The van der Waals surface area contributed by atoms with Crippen LogP contribution in [-0.4, -0.2) is 65.7 Å². The van der Waals surface area contributed by atoms with Gasteiger partial charge in [-0.2, -0.15) is 0 Å². The molecule has 1 saturated heterocycles. The predicted octanol–water partition coefficient (Wildman–Crippen LogP) is 4.25. The first-order valence-electron chi connectivity index (χ1n) is 12.6. The zero-order valence-electron chi connectivity index (χ0n) is 20.7. The first kappa shape index (κ1) is 25.2. The number of carbonyl (C=O) groups excluding carboxylic acids is 3. The monoisotopic (exact) mass is 523 g/mol. The molecule has 2 N–H and O–H groups in total. The van der Waals surface area contributed by atoms with E-state index in [2.05, 4.69) is 27.6 Å². The number of likely N-dealkylation sites (N-methyl/N-ethyl adjacent to an activating group) is 1. The second-order valence-corrected chi connectivity index (χ2v) is 10.2. The van der Waals surface area contributed by atoms with Gasteiger partial charge < -0.3 is 24.9 Å². The second-order valence-electron chi connectivity index (χ2n) is 9.78. The molecule has 10 heteroatoms. The lowest BCUT2D eigenvalue weighted by Gasteiger charge is -2.36. The fourth-order valence-corrected chi connectivity index (χ4v) is 5.18. The molecule has 3 amide bonds. The SMILES string of the molecule is CN1CCN(C(=O)C2CCC(C(=O)Nc3c(C(=O)Nc4ccc(Cl)cn4)oc4ccccc34)CC2)CC1. The summed E-state index contributed by atoms with van der Waals surface area (Å²) >= 11 is 5.88. The number of fused-ring (bicyclic) bond motifs is 1. The van der Waals surface area contributed by atoms with Crippen LogP contribution in [0.4, 0.5) is 11.5 Å². The lowest BCUT2D eigenvalue weighted by molar-refractivity contribution is -0.139. The molecule has 0 radical (unpaired) electrons. The molecule has 0 atom stereocenters. The number of rotatable bonds is 5. The number of nitrogens with zero attached hydrogens (tertiary/aromatic N) is 3. The Labute approximate surface area is 220 Å². The standard InChI is InChI=1S/C27H30ClN5O4/c1-32-12-14-33(15-13-32)27(36)18-8-6-17(7-9-18)25(34)31-23-20-4-2-3-5-21(20)37-24(23)26(35)30-22-11-10-19(28)16-29-22/h2-5,10-11,16-18H,6-9,12-15H2,1H3,(H,31,34)(H,29,30,35). The first-order chi connectivity index (χ1) is 17.9. The van der Waals surface area contributed by atoms with Crippen LogP contribution in [0.1, 0.15) is 36.2 Å². The van der Waals surface area contributed by atoms with Gasteiger partial charge in [0.15, 0.2) is 0 Å². The van der Waals surface area contributed by atoms with E-state index in [4.69, 9.17) is 16.0 Å². The van der Waals surface area contributed by atoms with Gasteiger partial charge in [0, 0.05) is 49.6 Å². The van der Waals surface area contributed by atoms with E-state index in [9.17, 15) is 14.4 Å². The van der Waals surface area contributed by atoms with Gasteiger partial charge in [0.05, 0.1) is 5.02 Å². The normalized spacial score (nSPS) is 20.5. The molecule has 9 nitrogen and oxygen atoms in total. The van der Waals surface area contributed by atoms with Gasteiger partial charge in [-0.3, -0.25) is 14.4 Å². The molecule has 2 aliphatic rings. The molecular weight excluding hydrogens is 494 g/mol. The number of benzene rings is 1. The Morgan fingerprint density at radius 2 is 1.65 bits per heavy atom. The number of furan rings is 1. The zero-order chi connectivity index (χ0) is 25.9. The average Bonchev–Trinajstić information content (AvgIpc) is 3.28. The minimum Gasteiger partial charge on any atom is -0.449 e. The Morgan fingerprint density at radius 1 is 0.946 bits per heavy atom. The van der Waals surface area contributed by atoms with E-state index in [1.54, 1.807) is 30.3 Å². The minimum atomic E-state index is -0.525. The van der Waals surface area contributed by atoms with E-state index in [1.807, 2.05) is 11.0 Å². The summed E-state index contributed by atoms with van der Waals surface area (Å²) in [4.78, 5) is 47.6. The summed E-state index contributed by atoms with van der Waals surface area (Å²) in [5.74, 6) is -0.434. The van der Waals surface area contributed by atoms with Crippen LogP contribution < -0.4 is 10.6 Å². The van der Waals surface area contributed by atoms with Gasteiger partial charge >= 0.3 is 0 Å². The number of hydrogen-bond donors (Lipinski definition) is 2. The maximum atomic E-state index is 13.3. The Bertz CT molecular complexity index is 1290. The zero-order valence-corrected chi connectivity index (χ0v) is 21.5. The number of hydrogen-bond acceptors (Lipinski definition) is 6. The molecule has 1 aromatic carbocycles. The molecule has 1 aliphatic heterocycles. The van der Waals surface area contributed by atoms with Crippen LogP contribution in [0.2, 0.25) is 5.02 Å². The summed E-state index contributed by atoms with van der Waals surface area (Å²) in [5.41, 5.74) is 0.830. The summed E-state index contributed by atoms with van der Waals surface area (Å²) in [6.45, 7) is 3.32. The minimum absolute atomic E-state index is 0.00484. The Balaban J connectivity index is 1.26. The second kappa shape index (κ2) is 10.9. The van der Waals surface area contributed by atoms with Crippen LogP contribution in [0.25, 0.3) is 11.0 Å². The van der Waals surface area contributed by atoms with Crippen molar-refractivity contribution in [3.8, 4) is 0 Å². The van der Waals surface area contributed by atoms with E-state index in [-0.39, 0.29) is 29.4 Å². The molecule has 3 aromatic rings. The summed E-state index contributed by atoms with van der Waals surface area (Å²) < 4.78 is 5.83. The summed E-state index contributed by atoms with van der Waals surface area (Å²) in [5, 5.41) is 6.74. The summed E-state index contributed by atoms with van der Waals surface area (Å²) in [6, 6.07) is 10.4. The third-order valence-corrected chi connectivity index (χ3v) is 7.50. The van der Waals surface area contributed by atoms with Gasteiger partial charge in [0.1, 0.15) is 17.1 Å². The number of pyridine rings is 1. The number of anilines is 2. The van der Waals surface area contributed by atoms with Crippen LogP contribution in [0, 0.1) is 11.8 Å². The van der Waals surface area contributed by atoms with E-state index in [0.29, 0.717) is 53.2 Å². The van der Waals surface area contributed by atoms with Crippen LogP contribution >= 0.6 is 11.6 Å². The molecule has 1 aliphatic carbocycles. The molecule has 0 unspecified atom stereocenters. The maximum absolute atomic E-state index is 13.3.